The summed E-state index contributed by atoms with van der Waals surface area (Å²) in [6.45, 7) is 4.66. The molecular formula is C19H26N4O3. The molecule has 1 amide bonds. The Morgan fingerprint density at radius 1 is 1.27 bits per heavy atom. The molecule has 2 aliphatic rings. The Morgan fingerprint density at radius 2 is 2.12 bits per heavy atom. The van der Waals surface area contributed by atoms with Gasteiger partial charge in [0.25, 0.3) is 5.91 Å². The highest BCUT2D eigenvalue weighted by Gasteiger charge is 2.28. The van der Waals surface area contributed by atoms with E-state index in [4.69, 9.17) is 4.74 Å². The molecule has 4 heterocycles. The first kappa shape index (κ1) is 17.5. The van der Waals surface area contributed by atoms with Crippen LogP contribution in [0.5, 0.6) is 0 Å². The summed E-state index contributed by atoms with van der Waals surface area (Å²) in [5.74, 6) is 0.0429. The predicted molar refractivity (Wildman–Crippen MR) is 97.0 cm³/mol. The van der Waals surface area contributed by atoms with Crippen LogP contribution in [0.1, 0.15) is 35.4 Å². The van der Waals surface area contributed by atoms with Crippen LogP contribution in [0.3, 0.4) is 0 Å². The van der Waals surface area contributed by atoms with Crippen LogP contribution in [-0.4, -0.2) is 75.7 Å². The van der Waals surface area contributed by atoms with Crippen LogP contribution >= 0.6 is 0 Å². The van der Waals surface area contributed by atoms with E-state index in [-0.39, 0.29) is 18.6 Å². The molecule has 0 saturated carbocycles. The van der Waals surface area contributed by atoms with Crippen molar-refractivity contribution >= 4 is 11.6 Å². The second kappa shape index (κ2) is 7.73. The van der Waals surface area contributed by atoms with Gasteiger partial charge < -0.3 is 19.1 Å². The second-order valence-corrected chi connectivity index (χ2v) is 7.08. The zero-order valence-corrected chi connectivity index (χ0v) is 15.0. The molecule has 7 heteroatoms. The summed E-state index contributed by atoms with van der Waals surface area (Å²) in [4.78, 5) is 21.9. The van der Waals surface area contributed by atoms with E-state index in [2.05, 4.69) is 9.88 Å². The minimum absolute atomic E-state index is 0.0429. The van der Waals surface area contributed by atoms with E-state index in [1.165, 1.54) is 0 Å². The molecule has 2 aromatic rings. The van der Waals surface area contributed by atoms with Gasteiger partial charge in [0, 0.05) is 45.5 Å². The molecule has 0 radical (unpaired) electrons. The average molecular weight is 358 g/mol. The molecule has 0 aromatic carbocycles. The summed E-state index contributed by atoms with van der Waals surface area (Å²) < 4.78 is 7.74. The van der Waals surface area contributed by atoms with E-state index in [1.807, 2.05) is 33.7 Å². The largest absolute Gasteiger partial charge is 0.396 e. The van der Waals surface area contributed by atoms with Crippen molar-refractivity contribution < 1.29 is 14.6 Å². The van der Waals surface area contributed by atoms with Gasteiger partial charge in [-0.25, -0.2) is 4.98 Å². The Balaban J connectivity index is 1.62. The number of hydrogen-bond acceptors (Lipinski definition) is 5. The van der Waals surface area contributed by atoms with E-state index in [1.54, 1.807) is 0 Å². The molecule has 7 nitrogen and oxygen atoms in total. The summed E-state index contributed by atoms with van der Waals surface area (Å²) in [7, 11) is 0. The van der Waals surface area contributed by atoms with Gasteiger partial charge in [0.15, 0.2) is 5.69 Å². The van der Waals surface area contributed by atoms with Gasteiger partial charge in [0.1, 0.15) is 5.65 Å². The van der Waals surface area contributed by atoms with Crippen LogP contribution < -0.4 is 0 Å². The van der Waals surface area contributed by atoms with Gasteiger partial charge in [0.05, 0.1) is 18.4 Å². The molecule has 2 aliphatic heterocycles. The molecule has 1 atom stereocenters. The van der Waals surface area contributed by atoms with Crippen molar-refractivity contribution in [3.63, 3.8) is 0 Å². The molecule has 140 valence electrons. The third kappa shape index (κ3) is 3.47. The Kier molecular flexibility index (Phi) is 5.19. The van der Waals surface area contributed by atoms with Crippen LogP contribution in [0.2, 0.25) is 0 Å². The topological polar surface area (TPSA) is 70.3 Å². The highest BCUT2D eigenvalue weighted by atomic mass is 16.5. The summed E-state index contributed by atoms with van der Waals surface area (Å²) in [6, 6.07) is 5.86. The quantitative estimate of drug-likeness (QED) is 0.868. The zero-order valence-electron chi connectivity index (χ0n) is 15.0. The number of carbonyl (C=O) groups is 1. The molecule has 1 unspecified atom stereocenters. The van der Waals surface area contributed by atoms with Gasteiger partial charge >= 0.3 is 0 Å². The SMILES string of the molecule is O=C(c1nc2ccccn2c1CN1CCOC(CCO)C1)N1CCCC1. The number of amides is 1. The first-order chi connectivity index (χ1) is 12.8. The van der Waals surface area contributed by atoms with E-state index in [0.717, 1.165) is 50.4 Å². The van der Waals surface area contributed by atoms with Gasteiger partial charge in [-0.3, -0.25) is 9.69 Å². The van der Waals surface area contributed by atoms with Crippen LogP contribution in [0, 0.1) is 0 Å². The van der Waals surface area contributed by atoms with Gasteiger partial charge in [-0.2, -0.15) is 0 Å². The average Bonchev–Trinajstić information content (AvgIpc) is 3.31. The van der Waals surface area contributed by atoms with Gasteiger partial charge in [-0.05, 0) is 31.4 Å². The molecule has 26 heavy (non-hydrogen) atoms. The number of likely N-dealkylation sites (tertiary alicyclic amines) is 1. The highest BCUT2D eigenvalue weighted by Crippen LogP contribution is 2.21. The zero-order chi connectivity index (χ0) is 17.9. The lowest BCUT2D eigenvalue weighted by Crippen LogP contribution is -2.42. The Hall–Kier alpha value is -1.96. The number of pyridine rings is 1. The first-order valence-corrected chi connectivity index (χ1v) is 9.46. The molecule has 0 spiro atoms. The molecule has 0 bridgehead atoms. The van der Waals surface area contributed by atoms with E-state index >= 15 is 0 Å². The number of nitrogens with zero attached hydrogens (tertiary/aromatic N) is 4. The van der Waals surface area contributed by atoms with Gasteiger partial charge in [-0.15, -0.1) is 0 Å². The summed E-state index contributed by atoms with van der Waals surface area (Å²) >= 11 is 0. The maximum Gasteiger partial charge on any atom is 0.274 e. The highest BCUT2D eigenvalue weighted by molar-refractivity contribution is 5.94. The number of fused-ring (bicyclic) bond motifs is 1. The smallest absolute Gasteiger partial charge is 0.274 e. The Labute approximate surface area is 153 Å². The molecule has 2 saturated heterocycles. The Morgan fingerprint density at radius 3 is 2.92 bits per heavy atom. The maximum atomic E-state index is 13.0. The lowest BCUT2D eigenvalue weighted by atomic mass is 10.2. The number of morpholine rings is 1. The van der Waals surface area contributed by atoms with Gasteiger partial charge in [-0.1, -0.05) is 6.07 Å². The number of ether oxygens (including phenoxy) is 1. The lowest BCUT2D eigenvalue weighted by molar-refractivity contribution is -0.0411. The van der Waals surface area contributed by atoms with Crippen LogP contribution in [0.25, 0.3) is 5.65 Å². The fourth-order valence-electron chi connectivity index (χ4n) is 3.89. The summed E-state index contributed by atoms with van der Waals surface area (Å²) in [5.41, 5.74) is 2.33. The third-order valence-electron chi connectivity index (χ3n) is 5.27. The van der Waals surface area contributed by atoms with E-state index < -0.39 is 0 Å². The lowest BCUT2D eigenvalue weighted by Gasteiger charge is -2.32. The predicted octanol–water partition coefficient (Wildman–Crippen LogP) is 1.15. The normalized spacial score (nSPS) is 21.6. The third-order valence-corrected chi connectivity index (χ3v) is 5.27. The van der Waals surface area contributed by atoms with Crippen LogP contribution in [0.4, 0.5) is 0 Å². The minimum Gasteiger partial charge on any atom is -0.396 e. The number of aliphatic hydroxyl groups is 1. The van der Waals surface area contributed by atoms with Crippen molar-refractivity contribution in [2.45, 2.75) is 31.9 Å². The monoisotopic (exact) mass is 358 g/mol. The Bertz CT molecular complexity index is 767. The fraction of sp³-hybridized carbons (Fsp3) is 0.579. The van der Waals surface area contributed by atoms with E-state index in [0.29, 0.717) is 25.3 Å². The molecule has 4 rings (SSSR count). The van der Waals surface area contributed by atoms with Gasteiger partial charge in [0.2, 0.25) is 0 Å². The number of hydrogen-bond donors (Lipinski definition) is 1. The molecule has 0 aliphatic carbocycles. The first-order valence-electron chi connectivity index (χ1n) is 9.46. The molecule has 2 fully saturated rings. The molecular weight excluding hydrogens is 332 g/mol. The number of aliphatic hydroxyl groups excluding tert-OH is 1. The van der Waals surface area contributed by atoms with Crippen molar-refractivity contribution in [2.75, 3.05) is 39.4 Å². The summed E-state index contributed by atoms with van der Waals surface area (Å²) in [6.07, 6.45) is 4.81. The molecule has 2 aromatic heterocycles. The van der Waals surface area contributed by atoms with E-state index in [9.17, 15) is 9.90 Å². The van der Waals surface area contributed by atoms with Crippen LogP contribution in [0.15, 0.2) is 24.4 Å². The van der Waals surface area contributed by atoms with Crippen LogP contribution in [-0.2, 0) is 11.3 Å². The van der Waals surface area contributed by atoms with Crippen molar-refractivity contribution in [3.8, 4) is 0 Å². The number of rotatable bonds is 5. The summed E-state index contributed by atoms with van der Waals surface area (Å²) in [5, 5.41) is 9.18. The van der Waals surface area contributed by atoms with Crippen molar-refractivity contribution in [3.05, 3.63) is 35.8 Å². The minimum atomic E-state index is 0.0429. The standard InChI is InChI=1S/C19H26N4O3/c24-11-6-15-13-21(10-12-26-15)14-16-18(19(25)22-7-3-4-8-22)20-17-5-1-2-9-23(16)17/h1-2,5,9,15,24H,3-4,6-8,10-14H2. The number of carbonyl (C=O) groups excluding carboxylic acids is 1. The van der Waals surface area contributed by atoms with Crippen molar-refractivity contribution in [1.29, 1.82) is 0 Å². The van der Waals surface area contributed by atoms with Crippen molar-refractivity contribution in [2.24, 2.45) is 0 Å². The number of aromatic nitrogens is 2. The fourth-order valence-corrected chi connectivity index (χ4v) is 3.89. The number of imidazole rings is 1. The molecule has 1 N–H and O–H groups in total. The second-order valence-electron chi connectivity index (χ2n) is 7.08. The van der Waals surface area contributed by atoms with Crippen molar-refractivity contribution in [1.82, 2.24) is 19.2 Å². The maximum absolute atomic E-state index is 13.0.